The Bertz CT molecular complexity index is 669. The summed E-state index contributed by atoms with van der Waals surface area (Å²) in [7, 11) is 0. The number of aromatic nitrogens is 1. The Morgan fingerprint density at radius 3 is 2.91 bits per heavy atom. The molecule has 2 aromatic rings. The number of thiazole rings is 1. The second kappa shape index (κ2) is 6.93. The third-order valence-corrected chi connectivity index (χ3v) is 4.78. The molecule has 22 heavy (non-hydrogen) atoms. The second-order valence-corrected chi connectivity index (χ2v) is 6.91. The summed E-state index contributed by atoms with van der Waals surface area (Å²) in [6.45, 7) is 0. The third-order valence-electron chi connectivity index (χ3n) is 3.10. The Morgan fingerprint density at radius 2 is 2.18 bits per heavy atom. The molecule has 1 aromatic heterocycles. The number of hydrogen-bond donors (Lipinski definition) is 2. The molecule has 0 saturated heterocycles. The number of nitrogens with zero attached hydrogens (tertiary/aromatic N) is 1. The van der Waals surface area contributed by atoms with Crippen molar-refractivity contribution in [1.29, 1.82) is 0 Å². The van der Waals surface area contributed by atoms with Gasteiger partial charge in [0.2, 0.25) is 11.8 Å². The van der Waals surface area contributed by atoms with Gasteiger partial charge in [-0.3, -0.25) is 9.59 Å². The van der Waals surface area contributed by atoms with Gasteiger partial charge < -0.3 is 10.6 Å². The van der Waals surface area contributed by atoms with Crippen molar-refractivity contribution >= 4 is 45.7 Å². The van der Waals surface area contributed by atoms with Gasteiger partial charge in [0.1, 0.15) is 0 Å². The van der Waals surface area contributed by atoms with Gasteiger partial charge in [0.25, 0.3) is 0 Å². The van der Waals surface area contributed by atoms with Crippen LogP contribution in [0.4, 0.5) is 10.8 Å². The lowest BCUT2D eigenvalue weighted by Crippen LogP contribution is -2.14. The van der Waals surface area contributed by atoms with E-state index in [4.69, 9.17) is 0 Å². The Hall–Kier alpha value is -1.86. The monoisotopic (exact) mass is 333 g/mol. The molecule has 7 heteroatoms. The molecule has 1 heterocycles. The summed E-state index contributed by atoms with van der Waals surface area (Å²) in [6, 6.07) is 7.55. The van der Waals surface area contributed by atoms with Gasteiger partial charge in [0, 0.05) is 28.1 Å². The van der Waals surface area contributed by atoms with E-state index in [9.17, 15) is 9.59 Å². The standard InChI is InChI=1S/C15H15N3O2S2/c19-13(18-15-16-6-7-21-15)9-22-12-3-1-2-11(8-12)17-14(20)10-4-5-10/h1-3,6-8,10H,4-5,9H2,(H,17,20)(H,16,18,19). The van der Waals surface area contributed by atoms with Crippen molar-refractivity contribution in [3.63, 3.8) is 0 Å². The Labute approximate surface area is 136 Å². The maximum Gasteiger partial charge on any atom is 0.236 e. The van der Waals surface area contributed by atoms with Crippen LogP contribution in [0.1, 0.15) is 12.8 Å². The van der Waals surface area contributed by atoms with Crippen molar-refractivity contribution in [2.75, 3.05) is 16.4 Å². The van der Waals surface area contributed by atoms with Gasteiger partial charge >= 0.3 is 0 Å². The molecule has 0 aliphatic heterocycles. The summed E-state index contributed by atoms with van der Waals surface area (Å²) >= 11 is 2.82. The molecule has 0 spiro atoms. The molecule has 5 nitrogen and oxygen atoms in total. The molecular weight excluding hydrogens is 318 g/mol. The Kier molecular flexibility index (Phi) is 4.74. The average Bonchev–Trinajstić information content (AvgIpc) is 3.25. The Morgan fingerprint density at radius 1 is 1.32 bits per heavy atom. The number of benzene rings is 1. The first-order chi connectivity index (χ1) is 10.7. The van der Waals surface area contributed by atoms with Gasteiger partial charge in [-0.1, -0.05) is 6.07 Å². The zero-order valence-corrected chi connectivity index (χ0v) is 13.4. The molecule has 0 radical (unpaired) electrons. The lowest BCUT2D eigenvalue weighted by molar-refractivity contribution is -0.117. The highest BCUT2D eigenvalue weighted by molar-refractivity contribution is 8.00. The van der Waals surface area contributed by atoms with Crippen LogP contribution >= 0.6 is 23.1 Å². The molecule has 1 aromatic carbocycles. The molecule has 2 N–H and O–H groups in total. The van der Waals surface area contributed by atoms with Crippen molar-refractivity contribution in [3.8, 4) is 0 Å². The number of carbonyl (C=O) groups excluding carboxylic acids is 2. The molecule has 1 fully saturated rings. The summed E-state index contributed by atoms with van der Waals surface area (Å²) in [6.07, 6.45) is 3.62. The van der Waals surface area contributed by atoms with Gasteiger partial charge in [-0.25, -0.2) is 4.98 Å². The fourth-order valence-electron chi connectivity index (χ4n) is 1.84. The van der Waals surface area contributed by atoms with Crippen molar-refractivity contribution in [2.24, 2.45) is 5.92 Å². The van der Waals surface area contributed by atoms with E-state index in [1.165, 1.54) is 23.1 Å². The van der Waals surface area contributed by atoms with E-state index in [0.29, 0.717) is 10.9 Å². The van der Waals surface area contributed by atoms with Crippen LogP contribution in [0, 0.1) is 5.92 Å². The first-order valence-corrected chi connectivity index (χ1v) is 8.80. The fourth-order valence-corrected chi connectivity index (χ4v) is 3.14. The largest absolute Gasteiger partial charge is 0.326 e. The molecule has 0 unspecified atom stereocenters. The molecule has 2 amide bonds. The van der Waals surface area contributed by atoms with Crippen LogP contribution in [0.2, 0.25) is 0 Å². The molecule has 0 bridgehead atoms. The van der Waals surface area contributed by atoms with Gasteiger partial charge in [0.05, 0.1) is 5.75 Å². The van der Waals surface area contributed by atoms with Gasteiger partial charge in [0.15, 0.2) is 5.13 Å². The molecule has 1 saturated carbocycles. The summed E-state index contributed by atoms with van der Waals surface area (Å²) in [4.78, 5) is 28.5. The number of nitrogens with one attached hydrogen (secondary N) is 2. The normalized spacial score (nSPS) is 13.6. The average molecular weight is 333 g/mol. The molecule has 3 rings (SSSR count). The van der Waals surface area contributed by atoms with Crippen molar-refractivity contribution in [1.82, 2.24) is 4.98 Å². The molecule has 0 atom stereocenters. The number of amides is 2. The molecular formula is C15H15N3O2S2. The number of anilines is 2. The lowest BCUT2D eigenvalue weighted by atomic mass is 10.3. The van der Waals surface area contributed by atoms with Gasteiger partial charge in [-0.15, -0.1) is 23.1 Å². The first kappa shape index (κ1) is 15.1. The van der Waals surface area contributed by atoms with Crippen LogP contribution < -0.4 is 10.6 Å². The first-order valence-electron chi connectivity index (χ1n) is 6.94. The van der Waals surface area contributed by atoms with Crippen LogP contribution in [-0.2, 0) is 9.59 Å². The van der Waals surface area contributed by atoms with E-state index in [1.807, 2.05) is 29.6 Å². The maximum atomic E-state index is 11.8. The van der Waals surface area contributed by atoms with E-state index in [-0.39, 0.29) is 17.7 Å². The predicted octanol–water partition coefficient (Wildman–Crippen LogP) is 3.22. The quantitative estimate of drug-likeness (QED) is 0.796. The highest BCUT2D eigenvalue weighted by atomic mass is 32.2. The van der Waals surface area contributed by atoms with Crippen LogP contribution in [0.15, 0.2) is 40.7 Å². The molecule has 1 aliphatic carbocycles. The van der Waals surface area contributed by atoms with Crippen LogP contribution in [0.3, 0.4) is 0 Å². The predicted molar refractivity (Wildman–Crippen MR) is 89.3 cm³/mol. The highest BCUT2D eigenvalue weighted by Gasteiger charge is 2.29. The van der Waals surface area contributed by atoms with Crippen LogP contribution in [0.5, 0.6) is 0 Å². The van der Waals surface area contributed by atoms with Crippen LogP contribution in [0.25, 0.3) is 0 Å². The summed E-state index contributed by atoms with van der Waals surface area (Å²) in [5, 5.41) is 8.07. The lowest BCUT2D eigenvalue weighted by Gasteiger charge is -2.07. The summed E-state index contributed by atoms with van der Waals surface area (Å²) in [5.41, 5.74) is 0.780. The Balaban J connectivity index is 1.51. The topological polar surface area (TPSA) is 71.1 Å². The number of rotatable bonds is 6. The van der Waals surface area contributed by atoms with E-state index in [0.717, 1.165) is 23.4 Å². The van der Waals surface area contributed by atoms with E-state index < -0.39 is 0 Å². The zero-order valence-electron chi connectivity index (χ0n) is 11.7. The minimum absolute atomic E-state index is 0.0867. The highest BCUT2D eigenvalue weighted by Crippen LogP contribution is 2.30. The second-order valence-electron chi connectivity index (χ2n) is 4.97. The third kappa shape index (κ3) is 4.32. The zero-order chi connectivity index (χ0) is 15.4. The smallest absolute Gasteiger partial charge is 0.236 e. The fraction of sp³-hybridized carbons (Fsp3) is 0.267. The maximum absolute atomic E-state index is 11.8. The summed E-state index contributed by atoms with van der Waals surface area (Å²) < 4.78 is 0. The van der Waals surface area contributed by atoms with Crippen molar-refractivity contribution in [3.05, 3.63) is 35.8 Å². The van der Waals surface area contributed by atoms with Gasteiger partial charge in [-0.2, -0.15) is 0 Å². The minimum Gasteiger partial charge on any atom is -0.326 e. The van der Waals surface area contributed by atoms with E-state index >= 15 is 0 Å². The number of carbonyl (C=O) groups is 2. The number of thioether (sulfide) groups is 1. The number of hydrogen-bond acceptors (Lipinski definition) is 5. The minimum atomic E-state index is -0.0904. The van der Waals surface area contributed by atoms with Gasteiger partial charge in [-0.05, 0) is 31.0 Å². The van der Waals surface area contributed by atoms with Crippen LogP contribution in [-0.4, -0.2) is 22.6 Å². The van der Waals surface area contributed by atoms with E-state index in [1.54, 1.807) is 6.20 Å². The molecule has 114 valence electrons. The van der Waals surface area contributed by atoms with E-state index in [2.05, 4.69) is 15.6 Å². The summed E-state index contributed by atoms with van der Waals surface area (Å²) in [5.74, 6) is 0.482. The van der Waals surface area contributed by atoms with Crippen molar-refractivity contribution < 1.29 is 9.59 Å². The SMILES string of the molecule is O=C(CSc1cccc(NC(=O)C2CC2)c1)Nc1nccs1. The van der Waals surface area contributed by atoms with Crippen molar-refractivity contribution in [2.45, 2.75) is 17.7 Å². The molecule has 1 aliphatic rings.